The van der Waals surface area contributed by atoms with E-state index in [4.69, 9.17) is 4.74 Å². The molecule has 0 saturated carbocycles. The number of benzene rings is 1. The van der Waals surface area contributed by atoms with E-state index in [1.54, 1.807) is 0 Å². The Kier molecular flexibility index (Phi) is 3.62. The molecule has 2 amide bonds. The highest BCUT2D eigenvalue weighted by Crippen LogP contribution is 2.25. The van der Waals surface area contributed by atoms with Crippen LogP contribution in [0.25, 0.3) is 10.2 Å². The lowest BCUT2D eigenvalue weighted by Crippen LogP contribution is -2.45. The van der Waals surface area contributed by atoms with Gasteiger partial charge in [0.25, 0.3) is 0 Å². The fourth-order valence-electron chi connectivity index (χ4n) is 1.99. The summed E-state index contributed by atoms with van der Waals surface area (Å²) >= 11 is 1.35. The molecular formula is C13H13N3O3S. The minimum atomic E-state index is -0.647. The number of anilines is 1. The van der Waals surface area contributed by atoms with Crippen molar-refractivity contribution in [1.82, 2.24) is 9.88 Å². The number of carbonyl (C=O) groups is 2. The zero-order chi connectivity index (χ0) is 13.9. The van der Waals surface area contributed by atoms with Gasteiger partial charge in [-0.3, -0.25) is 14.9 Å². The largest absolute Gasteiger partial charge is 0.378 e. The summed E-state index contributed by atoms with van der Waals surface area (Å²) in [6.07, 6.45) is 0. The summed E-state index contributed by atoms with van der Waals surface area (Å²) < 4.78 is 6.13. The van der Waals surface area contributed by atoms with Gasteiger partial charge in [0.05, 0.1) is 23.4 Å². The number of thiazole rings is 1. The molecule has 0 radical (unpaired) electrons. The SMILES string of the molecule is O=C(Nc1nc2ccccc2s1)C(=O)N1CCOCC1. The van der Waals surface area contributed by atoms with Crippen molar-refractivity contribution in [3.05, 3.63) is 24.3 Å². The van der Waals surface area contributed by atoms with Crippen LogP contribution in [0.4, 0.5) is 5.13 Å². The van der Waals surface area contributed by atoms with Gasteiger partial charge in [0.1, 0.15) is 0 Å². The van der Waals surface area contributed by atoms with Gasteiger partial charge in [-0.05, 0) is 12.1 Å². The molecule has 6 nitrogen and oxygen atoms in total. The average molecular weight is 291 g/mol. The molecule has 0 aliphatic carbocycles. The first-order valence-corrected chi connectivity index (χ1v) is 7.09. The van der Waals surface area contributed by atoms with Crippen LogP contribution < -0.4 is 5.32 Å². The molecule has 1 saturated heterocycles. The Labute approximate surface area is 119 Å². The maximum absolute atomic E-state index is 12.0. The number of nitrogens with one attached hydrogen (secondary N) is 1. The zero-order valence-corrected chi connectivity index (χ0v) is 11.5. The highest BCUT2D eigenvalue weighted by molar-refractivity contribution is 7.22. The number of hydrogen-bond acceptors (Lipinski definition) is 5. The van der Waals surface area contributed by atoms with Crippen LogP contribution in [0.15, 0.2) is 24.3 Å². The standard InChI is InChI=1S/C13H13N3O3S/c17-11(12(18)16-5-7-19-8-6-16)15-13-14-9-3-1-2-4-10(9)20-13/h1-4H,5-8H2,(H,14,15,17). The molecule has 2 aromatic rings. The molecule has 0 bridgehead atoms. The van der Waals surface area contributed by atoms with Gasteiger partial charge in [-0.25, -0.2) is 4.98 Å². The first-order chi connectivity index (χ1) is 9.74. The molecule has 1 aromatic carbocycles. The van der Waals surface area contributed by atoms with E-state index in [-0.39, 0.29) is 0 Å². The summed E-state index contributed by atoms with van der Waals surface area (Å²) in [6.45, 7) is 1.85. The molecule has 1 N–H and O–H groups in total. The fraction of sp³-hybridized carbons (Fsp3) is 0.308. The van der Waals surface area contributed by atoms with Gasteiger partial charge in [-0.15, -0.1) is 0 Å². The van der Waals surface area contributed by atoms with Crippen molar-refractivity contribution >= 4 is 38.5 Å². The molecule has 1 aliphatic heterocycles. The molecule has 1 aliphatic rings. The van der Waals surface area contributed by atoms with Crippen molar-refractivity contribution in [3.8, 4) is 0 Å². The number of aromatic nitrogens is 1. The predicted octanol–water partition coefficient (Wildman–Crippen LogP) is 1.09. The van der Waals surface area contributed by atoms with Gasteiger partial charge in [0.15, 0.2) is 5.13 Å². The summed E-state index contributed by atoms with van der Waals surface area (Å²) in [6, 6.07) is 7.58. The first kappa shape index (κ1) is 13.0. The smallest absolute Gasteiger partial charge is 0.315 e. The molecule has 1 fully saturated rings. The molecule has 104 valence electrons. The number of ether oxygens (including phenoxy) is 1. The Morgan fingerprint density at radius 2 is 2.00 bits per heavy atom. The third-order valence-electron chi connectivity index (χ3n) is 3.01. The molecule has 0 spiro atoms. The molecule has 0 atom stereocenters. The maximum atomic E-state index is 12.0. The van der Waals surface area contributed by atoms with Crippen LogP contribution >= 0.6 is 11.3 Å². The highest BCUT2D eigenvalue weighted by Gasteiger charge is 2.24. The van der Waals surface area contributed by atoms with E-state index in [0.29, 0.717) is 31.4 Å². The van der Waals surface area contributed by atoms with Crippen LogP contribution in [0.2, 0.25) is 0 Å². The van der Waals surface area contributed by atoms with Crippen LogP contribution in [0.1, 0.15) is 0 Å². The zero-order valence-electron chi connectivity index (χ0n) is 10.7. The minimum absolute atomic E-state index is 0.442. The lowest BCUT2D eigenvalue weighted by Gasteiger charge is -2.25. The molecule has 3 rings (SSSR count). The molecule has 7 heteroatoms. The minimum Gasteiger partial charge on any atom is -0.378 e. The van der Waals surface area contributed by atoms with Crippen molar-refractivity contribution in [2.75, 3.05) is 31.6 Å². The third kappa shape index (κ3) is 2.63. The summed E-state index contributed by atoms with van der Waals surface area (Å²) in [4.78, 5) is 29.6. The second-order valence-electron chi connectivity index (χ2n) is 4.35. The van der Waals surface area contributed by atoms with E-state index in [2.05, 4.69) is 10.3 Å². The van der Waals surface area contributed by atoms with Gasteiger partial charge in [0.2, 0.25) is 0 Å². The lowest BCUT2D eigenvalue weighted by molar-refractivity contribution is -0.145. The number of rotatable bonds is 1. The summed E-state index contributed by atoms with van der Waals surface area (Å²) in [7, 11) is 0. The monoisotopic (exact) mass is 291 g/mol. The van der Waals surface area contributed by atoms with E-state index in [0.717, 1.165) is 10.2 Å². The third-order valence-corrected chi connectivity index (χ3v) is 3.96. The number of hydrogen-bond donors (Lipinski definition) is 1. The van der Waals surface area contributed by atoms with Crippen molar-refractivity contribution < 1.29 is 14.3 Å². The van der Waals surface area contributed by atoms with Gasteiger partial charge in [0, 0.05) is 13.1 Å². The van der Waals surface area contributed by atoms with E-state index < -0.39 is 11.8 Å². The van der Waals surface area contributed by atoms with Crippen LogP contribution in [-0.2, 0) is 14.3 Å². The molecule has 20 heavy (non-hydrogen) atoms. The molecule has 1 aromatic heterocycles. The summed E-state index contributed by atoms with van der Waals surface area (Å²) in [5, 5.41) is 3.01. The topological polar surface area (TPSA) is 71.5 Å². The van der Waals surface area contributed by atoms with E-state index in [9.17, 15) is 9.59 Å². The first-order valence-electron chi connectivity index (χ1n) is 6.27. The van der Waals surface area contributed by atoms with Crippen LogP contribution in [0.5, 0.6) is 0 Å². The predicted molar refractivity (Wildman–Crippen MR) is 75.6 cm³/mol. The summed E-state index contributed by atoms with van der Waals surface area (Å²) in [5.41, 5.74) is 0.812. The van der Waals surface area contributed by atoms with Crippen LogP contribution in [-0.4, -0.2) is 48.0 Å². The van der Waals surface area contributed by atoms with Crippen molar-refractivity contribution in [3.63, 3.8) is 0 Å². The maximum Gasteiger partial charge on any atom is 0.315 e. The number of nitrogens with zero attached hydrogens (tertiary/aromatic N) is 2. The Bertz CT molecular complexity index is 616. The Hall–Kier alpha value is -1.99. The van der Waals surface area contributed by atoms with Crippen LogP contribution in [0.3, 0.4) is 0 Å². The van der Waals surface area contributed by atoms with Gasteiger partial charge in [-0.1, -0.05) is 23.5 Å². The quantitative estimate of drug-likeness (QED) is 0.799. The van der Waals surface area contributed by atoms with Gasteiger partial charge in [-0.2, -0.15) is 0 Å². The number of morpholine rings is 1. The van der Waals surface area contributed by atoms with E-state index in [1.165, 1.54) is 16.2 Å². The Morgan fingerprint density at radius 1 is 1.25 bits per heavy atom. The van der Waals surface area contributed by atoms with Crippen molar-refractivity contribution in [2.45, 2.75) is 0 Å². The van der Waals surface area contributed by atoms with E-state index >= 15 is 0 Å². The number of amides is 2. The van der Waals surface area contributed by atoms with Gasteiger partial charge >= 0.3 is 11.8 Å². The van der Waals surface area contributed by atoms with Crippen LogP contribution in [0, 0.1) is 0 Å². The average Bonchev–Trinajstić information content (AvgIpc) is 2.89. The van der Waals surface area contributed by atoms with E-state index in [1.807, 2.05) is 24.3 Å². The Balaban J connectivity index is 1.70. The van der Waals surface area contributed by atoms with Crippen molar-refractivity contribution in [1.29, 1.82) is 0 Å². The van der Waals surface area contributed by atoms with Gasteiger partial charge < -0.3 is 9.64 Å². The molecular weight excluding hydrogens is 278 g/mol. The molecule has 2 heterocycles. The summed E-state index contributed by atoms with van der Waals surface area (Å²) in [5.74, 6) is -1.18. The second-order valence-corrected chi connectivity index (χ2v) is 5.38. The Morgan fingerprint density at radius 3 is 2.75 bits per heavy atom. The highest BCUT2D eigenvalue weighted by atomic mass is 32.1. The number of para-hydroxylation sites is 1. The molecule has 0 unspecified atom stereocenters. The normalized spacial score (nSPS) is 15.3. The lowest BCUT2D eigenvalue weighted by atomic mass is 10.3. The second kappa shape index (κ2) is 5.56. The number of fused-ring (bicyclic) bond motifs is 1. The number of carbonyl (C=O) groups excluding carboxylic acids is 2. The fourth-order valence-corrected chi connectivity index (χ4v) is 2.85. The van der Waals surface area contributed by atoms with Crippen molar-refractivity contribution in [2.24, 2.45) is 0 Å².